The van der Waals surface area contributed by atoms with Gasteiger partial charge >= 0.3 is 0 Å². The predicted octanol–water partition coefficient (Wildman–Crippen LogP) is 9.19. The van der Waals surface area contributed by atoms with E-state index < -0.39 is 13.2 Å². The zero-order valence-electron chi connectivity index (χ0n) is 32.9. The number of pyridine rings is 2. The molecular formula is C40H56N2+2. The van der Waals surface area contributed by atoms with Crippen LogP contribution in [0, 0.1) is 45.4 Å². The van der Waals surface area contributed by atoms with Gasteiger partial charge < -0.3 is 0 Å². The largest absolute Gasteiger partial charge is 0.212 e. The van der Waals surface area contributed by atoms with Gasteiger partial charge in [-0.1, -0.05) is 77.4 Å². The van der Waals surface area contributed by atoms with Crippen molar-refractivity contribution in [3.05, 3.63) is 106 Å². The van der Waals surface area contributed by atoms with Crippen molar-refractivity contribution < 1.29 is 16.0 Å². The van der Waals surface area contributed by atoms with Gasteiger partial charge in [-0.05, 0) is 99.0 Å². The average Bonchev–Trinajstić information content (AvgIpc) is 2.95. The second-order valence-corrected chi connectivity index (χ2v) is 13.0. The maximum Gasteiger partial charge on any atom is 0.212 e. The van der Waals surface area contributed by atoms with Gasteiger partial charge in [0, 0.05) is 41.2 Å². The van der Waals surface area contributed by atoms with Crippen LogP contribution < -0.4 is 9.13 Å². The van der Waals surface area contributed by atoms with E-state index in [0.29, 0.717) is 23.0 Å². The molecule has 0 spiro atoms. The molecule has 0 aliphatic carbocycles. The predicted molar refractivity (Wildman–Crippen MR) is 181 cm³/mol. The molecule has 4 rings (SSSR count). The number of aryl methyl sites for hydroxylation is 6. The van der Waals surface area contributed by atoms with E-state index in [2.05, 4.69) is 82.8 Å². The zero-order chi connectivity index (χ0) is 35.4. The van der Waals surface area contributed by atoms with Gasteiger partial charge in [0.05, 0.1) is 0 Å². The topological polar surface area (TPSA) is 7.76 Å². The van der Waals surface area contributed by atoms with Crippen molar-refractivity contribution in [2.45, 2.75) is 88.4 Å². The van der Waals surface area contributed by atoms with Crippen LogP contribution in [0.2, 0.25) is 0 Å². The fourth-order valence-electron chi connectivity index (χ4n) is 5.56. The smallest absolute Gasteiger partial charge is 0.201 e. The Labute approximate surface area is 264 Å². The first kappa shape index (κ1) is 26.4. The van der Waals surface area contributed by atoms with E-state index in [9.17, 15) is 0 Å². The Morgan fingerprint density at radius 2 is 1.19 bits per heavy atom. The lowest BCUT2D eigenvalue weighted by molar-refractivity contribution is -0.661. The third-order valence-corrected chi connectivity index (χ3v) is 7.56. The summed E-state index contributed by atoms with van der Waals surface area (Å²) in [6, 6.07) is 18.2. The molecule has 2 heteroatoms. The molecule has 2 nitrogen and oxygen atoms in total. The second kappa shape index (κ2) is 14.8. The molecular weight excluding hydrogens is 508 g/mol. The molecule has 0 saturated carbocycles. The van der Waals surface area contributed by atoms with Crippen LogP contribution in [0.5, 0.6) is 0 Å². The number of rotatable bonds is 8. The van der Waals surface area contributed by atoms with Crippen LogP contribution in [0.4, 0.5) is 0 Å². The van der Waals surface area contributed by atoms with Gasteiger partial charge in [0.15, 0.2) is 12.4 Å². The van der Waals surface area contributed by atoms with E-state index in [4.69, 9.17) is 6.85 Å². The van der Waals surface area contributed by atoms with Gasteiger partial charge in [-0.3, -0.25) is 0 Å². The number of hydrogen-bond donors (Lipinski definition) is 0. The molecule has 0 unspecified atom stereocenters. The molecule has 0 N–H and O–H groups in total. The number of aromatic nitrogens is 2. The highest BCUT2D eigenvalue weighted by Gasteiger charge is 2.19. The molecule has 4 aromatic rings. The monoisotopic (exact) mass is 569 g/mol. The van der Waals surface area contributed by atoms with Crippen molar-refractivity contribution in [3.8, 4) is 22.5 Å². The molecule has 2 aromatic heterocycles. The van der Waals surface area contributed by atoms with E-state index in [1.807, 2.05) is 57.6 Å². The Morgan fingerprint density at radius 3 is 1.76 bits per heavy atom. The molecule has 0 amide bonds. The summed E-state index contributed by atoms with van der Waals surface area (Å²) in [5.41, 5.74) is 11.7. The summed E-state index contributed by atoms with van der Waals surface area (Å²) >= 11 is 0. The number of nitrogens with zero attached hydrogens (tertiary/aromatic N) is 2. The molecule has 0 bridgehead atoms. The van der Waals surface area contributed by atoms with Crippen molar-refractivity contribution in [2.75, 3.05) is 0 Å². The minimum Gasteiger partial charge on any atom is -0.201 e. The molecule has 0 atom stereocenters. The highest BCUT2D eigenvalue weighted by atomic mass is 14.9. The first-order valence-electron chi connectivity index (χ1n) is 17.9. The van der Waals surface area contributed by atoms with Gasteiger partial charge in [-0.2, -0.15) is 0 Å². The molecule has 0 radical (unpaired) electrons. The molecule has 2 heterocycles. The maximum atomic E-state index is 8.36. The minimum absolute atomic E-state index is 0.127. The van der Waals surface area contributed by atoms with Crippen molar-refractivity contribution in [3.63, 3.8) is 0 Å². The van der Waals surface area contributed by atoms with Crippen LogP contribution in [-0.4, -0.2) is 0 Å². The van der Waals surface area contributed by atoms with Gasteiger partial charge in [0.2, 0.25) is 11.4 Å². The van der Waals surface area contributed by atoms with Gasteiger partial charge in [-0.25, -0.2) is 9.13 Å². The van der Waals surface area contributed by atoms with Gasteiger partial charge in [-0.15, -0.1) is 0 Å². The minimum atomic E-state index is -2.11. The summed E-state index contributed by atoms with van der Waals surface area (Å²) in [7, 11) is 4.07. The van der Waals surface area contributed by atoms with Gasteiger partial charge in [0.25, 0.3) is 0 Å². The van der Waals surface area contributed by atoms with Crippen LogP contribution in [0.3, 0.4) is 0 Å². The molecule has 2 aromatic carbocycles. The molecule has 0 fully saturated rings. The summed E-state index contributed by atoms with van der Waals surface area (Å²) in [5.74, 6) is 1.25. The first-order valence-corrected chi connectivity index (χ1v) is 15.4. The summed E-state index contributed by atoms with van der Waals surface area (Å²) in [6.45, 7) is 16.9. The fourth-order valence-corrected chi connectivity index (χ4v) is 5.56. The lowest BCUT2D eigenvalue weighted by Gasteiger charge is -2.14. The Hall–Kier alpha value is -3.26. The second-order valence-electron chi connectivity index (χ2n) is 13.0. The Kier molecular flexibility index (Phi) is 9.27. The van der Waals surface area contributed by atoms with E-state index in [0.717, 1.165) is 35.2 Å². The fraction of sp³-hybridized carbons (Fsp3) is 0.450. The average molecular weight is 570 g/mol. The van der Waals surface area contributed by atoms with E-state index in [1.54, 1.807) is 12.1 Å². The number of hydrogen-bond acceptors (Lipinski definition) is 0. The molecule has 0 aliphatic heterocycles. The highest BCUT2D eigenvalue weighted by Crippen LogP contribution is 2.26. The normalized spacial score (nSPS) is 13.7. The van der Waals surface area contributed by atoms with E-state index in [-0.39, 0.29) is 5.92 Å². The lowest BCUT2D eigenvalue weighted by atomic mass is 9.92. The van der Waals surface area contributed by atoms with E-state index >= 15 is 0 Å². The first-order chi connectivity index (χ1) is 21.7. The summed E-state index contributed by atoms with van der Waals surface area (Å²) < 4.78 is 43.6. The standard InChI is InChI=1S/C21H30N.C19H26N/c1-15(2)11-18-13-21(20-10-8-7-9-17(20)5)22(6)14-19(18)12-16(3)4;1-13(2)9-17-12-20(6)19(11-15(17)4)18-8-7-14(3)10-16(18)5/h7-10,13-16H,11-12H2,1-6H3;7-8,10-13H,9H2,1-6H3/q2*+1/i;3D3,9D2. The summed E-state index contributed by atoms with van der Waals surface area (Å²) in [5, 5.41) is 0. The Bertz CT molecular complexity index is 1680. The van der Waals surface area contributed by atoms with E-state index in [1.165, 1.54) is 27.9 Å². The third-order valence-electron chi connectivity index (χ3n) is 7.56. The summed E-state index contributed by atoms with van der Waals surface area (Å²) in [6.07, 6.45) is 5.10. The van der Waals surface area contributed by atoms with Crippen LogP contribution in [0.25, 0.3) is 22.5 Å². The summed E-state index contributed by atoms with van der Waals surface area (Å²) in [4.78, 5) is 0. The molecule has 0 aliphatic rings. The van der Waals surface area contributed by atoms with Crippen LogP contribution in [0.1, 0.15) is 87.3 Å². The van der Waals surface area contributed by atoms with Crippen molar-refractivity contribution >= 4 is 0 Å². The van der Waals surface area contributed by atoms with Crippen molar-refractivity contribution in [1.29, 1.82) is 0 Å². The van der Waals surface area contributed by atoms with Crippen LogP contribution in [-0.2, 0) is 33.3 Å². The number of benzene rings is 2. The molecule has 0 saturated heterocycles. The quantitative estimate of drug-likeness (QED) is 0.187. The zero-order valence-corrected chi connectivity index (χ0v) is 27.9. The van der Waals surface area contributed by atoms with Crippen LogP contribution >= 0.6 is 0 Å². The highest BCUT2D eigenvalue weighted by molar-refractivity contribution is 5.63. The Morgan fingerprint density at radius 1 is 0.619 bits per heavy atom. The lowest BCUT2D eigenvalue weighted by Crippen LogP contribution is -2.32. The van der Waals surface area contributed by atoms with Gasteiger partial charge in [0.1, 0.15) is 14.1 Å². The SMILES string of the molecule is Cc1ccccc1-c1cc(CC(C)C)c(CC(C)C)c[n+]1C.[2H]C([2H])([2H])c1ccc(-c2cc(C)c(C([2H])([2H])C(C)C)c[n+]2C)c(C)c1. The maximum absolute atomic E-state index is 8.36. The molecule has 224 valence electrons. The third kappa shape index (κ3) is 8.87. The Balaban J connectivity index is 0.000000257. The molecule has 42 heavy (non-hydrogen) atoms. The van der Waals surface area contributed by atoms with Crippen molar-refractivity contribution in [1.82, 2.24) is 0 Å². The van der Waals surface area contributed by atoms with Crippen LogP contribution in [0.15, 0.2) is 67.0 Å². The van der Waals surface area contributed by atoms with Crippen molar-refractivity contribution in [2.24, 2.45) is 31.8 Å².